The zero-order valence-electron chi connectivity index (χ0n) is 8.99. The molecule has 0 unspecified atom stereocenters. The molecule has 0 aliphatic carbocycles. The van der Waals surface area contributed by atoms with Gasteiger partial charge in [0, 0.05) is 19.3 Å². The third-order valence-electron chi connectivity index (χ3n) is 2.82. The van der Waals surface area contributed by atoms with E-state index >= 15 is 0 Å². The Bertz CT molecular complexity index is 362. The number of hydrogen-bond acceptors (Lipinski definition) is 2. The summed E-state index contributed by atoms with van der Waals surface area (Å²) in [5.41, 5.74) is 2.57. The topological polar surface area (TPSA) is 32.3 Å². The predicted molar refractivity (Wildman–Crippen MR) is 61.0 cm³/mol. The third kappa shape index (κ3) is 2.12. The predicted octanol–water partition coefficient (Wildman–Crippen LogP) is 1.19. The molecular weight excluding hydrogens is 188 g/mol. The number of rotatable bonds is 2. The summed E-state index contributed by atoms with van der Waals surface area (Å²) in [6, 6.07) is 8.33. The van der Waals surface area contributed by atoms with Gasteiger partial charge in [-0.3, -0.25) is 4.79 Å². The van der Waals surface area contributed by atoms with Gasteiger partial charge in [0.2, 0.25) is 5.91 Å². The molecule has 15 heavy (non-hydrogen) atoms. The first kappa shape index (κ1) is 10.0. The van der Waals surface area contributed by atoms with E-state index in [-0.39, 0.29) is 5.91 Å². The summed E-state index contributed by atoms with van der Waals surface area (Å²) in [6.07, 6.45) is 2.26. The highest BCUT2D eigenvalue weighted by Gasteiger charge is 2.17. The van der Waals surface area contributed by atoms with Gasteiger partial charge in [-0.2, -0.15) is 0 Å². The highest BCUT2D eigenvalue weighted by Crippen LogP contribution is 2.25. The number of nitrogens with zero attached hydrogens (tertiary/aromatic N) is 1. The average Bonchev–Trinajstić information content (AvgIpc) is 2.29. The van der Waals surface area contributed by atoms with Crippen molar-refractivity contribution in [1.29, 1.82) is 0 Å². The number of likely N-dealkylation sites (N-methyl/N-ethyl adjacent to an activating group) is 1. The van der Waals surface area contributed by atoms with Gasteiger partial charge in [0.15, 0.2) is 0 Å². The largest absolute Gasteiger partial charge is 0.362 e. The van der Waals surface area contributed by atoms with Crippen molar-refractivity contribution in [3.05, 3.63) is 29.8 Å². The average molecular weight is 204 g/mol. The molecule has 0 fully saturated rings. The Hall–Kier alpha value is -1.51. The Morgan fingerprint density at radius 3 is 3.07 bits per heavy atom. The molecule has 0 radical (unpaired) electrons. The number of nitrogens with one attached hydrogen (secondary N) is 1. The van der Waals surface area contributed by atoms with Crippen molar-refractivity contribution in [1.82, 2.24) is 5.32 Å². The fourth-order valence-corrected chi connectivity index (χ4v) is 2.03. The van der Waals surface area contributed by atoms with Crippen LogP contribution in [0.2, 0.25) is 0 Å². The number of anilines is 1. The third-order valence-corrected chi connectivity index (χ3v) is 2.82. The zero-order chi connectivity index (χ0) is 10.7. The lowest BCUT2D eigenvalue weighted by Gasteiger charge is -2.30. The molecule has 1 aliphatic heterocycles. The zero-order valence-corrected chi connectivity index (χ0v) is 8.99. The van der Waals surface area contributed by atoms with Crippen molar-refractivity contribution in [3.8, 4) is 0 Å². The highest BCUT2D eigenvalue weighted by atomic mass is 16.1. The summed E-state index contributed by atoms with van der Waals surface area (Å²) in [7, 11) is 1.68. The van der Waals surface area contributed by atoms with Gasteiger partial charge in [0.25, 0.3) is 0 Å². The van der Waals surface area contributed by atoms with Crippen molar-refractivity contribution >= 4 is 11.6 Å². The molecule has 1 aromatic rings. The van der Waals surface area contributed by atoms with Gasteiger partial charge in [-0.25, -0.2) is 0 Å². The molecule has 1 heterocycles. The minimum absolute atomic E-state index is 0.0757. The molecule has 0 bridgehead atoms. The number of carbonyl (C=O) groups excluding carboxylic acids is 1. The summed E-state index contributed by atoms with van der Waals surface area (Å²) < 4.78 is 0. The van der Waals surface area contributed by atoms with E-state index in [4.69, 9.17) is 0 Å². The molecule has 0 saturated heterocycles. The van der Waals surface area contributed by atoms with Crippen molar-refractivity contribution < 1.29 is 4.79 Å². The molecule has 3 heteroatoms. The molecule has 0 saturated carbocycles. The number of amides is 1. The van der Waals surface area contributed by atoms with E-state index in [0.29, 0.717) is 6.54 Å². The minimum atomic E-state index is 0.0757. The first-order chi connectivity index (χ1) is 7.31. The summed E-state index contributed by atoms with van der Waals surface area (Å²) in [4.78, 5) is 13.5. The van der Waals surface area contributed by atoms with E-state index in [2.05, 4.69) is 28.4 Å². The van der Waals surface area contributed by atoms with E-state index in [1.807, 2.05) is 6.07 Å². The van der Waals surface area contributed by atoms with E-state index in [0.717, 1.165) is 19.4 Å². The van der Waals surface area contributed by atoms with Gasteiger partial charge in [-0.1, -0.05) is 18.2 Å². The number of aryl methyl sites for hydroxylation is 1. The first-order valence-electron chi connectivity index (χ1n) is 5.34. The Balaban J connectivity index is 2.18. The first-order valence-corrected chi connectivity index (χ1v) is 5.34. The Morgan fingerprint density at radius 1 is 1.47 bits per heavy atom. The maximum atomic E-state index is 11.3. The molecule has 0 atom stereocenters. The number of fused-ring (bicyclic) bond motifs is 1. The van der Waals surface area contributed by atoms with Crippen LogP contribution >= 0.6 is 0 Å². The van der Waals surface area contributed by atoms with Crippen molar-refractivity contribution in [3.63, 3.8) is 0 Å². The molecule has 1 N–H and O–H groups in total. The summed E-state index contributed by atoms with van der Waals surface area (Å²) >= 11 is 0. The van der Waals surface area contributed by atoms with Crippen LogP contribution in [0.15, 0.2) is 24.3 Å². The number of benzene rings is 1. The standard InChI is InChI=1S/C12H16N2O/c1-13-12(15)9-14-8-4-6-10-5-2-3-7-11(10)14/h2-3,5,7H,4,6,8-9H2,1H3,(H,13,15). The second-order valence-electron chi connectivity index (χ2n) is 3.83. The maximum absolute atomic E-state index is 11.3. The van der Waals surface area contributed by atoms with Gasteiger partial charge < -0.3 is 10.2 Å². The van der Waals surface area contributed by atoms with Gasteiger partial charge in [-0.05, 0) is 24.5 Å². The van der Waals surface area contributed by atoms with Crippen LogP contribution in [0.3, 0.4) is 0 Å². The summed E-state index contributed by atoms with van der Waals surface area (Å²) in [5.74, 6) is 0.0757. The fourth-order valence-electron chi connectivity index (χ4n) is 2.03. The van der Waals surface area contributed by atoms with Crippen LogP contribution in [-0.4, -0.2) is 26.0 Å². The van der Waals surface area contributed by atoms with Crippen LogP contribution in [0.25, 0.3) is 0 Å². The van der Waals surface area contributed by atoms with Gasteiger partial charge in [-0.15, -0.1) is 0 Å². The molecular formula is C12H16N2O. The summed E-state index contributed by atoms with van der Waals surface area (Å²) in [5, 5.41) is 2.66. The second-order valence-corrected chi connectivity index (χ2v) is 3.83. The van der Waals surface area contributed by atoms with Crippen LogP contribution in [0, 0.1) is 0 Å². The number of para-hydroxylation sites is 1. The van der Waals surface area contributed by atoms with Gasteiger partial charge in [0.05, 0.1) is 6.54 Å². The van der Waals surface area contributed by atoms with E-state index in [1.165, 1.54) is 11.3 Å². The number of hydrogen-bond donors (Lipinski definition) is 1. The second kappa shape index (κ2) is 4.34. The summed E-state index contributed by atoms with van der Waals surface area (Å²) in [6.45, 7) is 1.44. The monoisotopic (exact) mass is 204 g/mol. The molecule has 2 rings (SSSR count). The fraction of sp³-hybridized carbons (Fsp3) is 0.417. The Kier molecular flexibility index (Phi) is 2.90. The quantitative estimate of drug-likeness (QED) is 0.784. The molecule has 3 nitrogen and oxygen atoms in total. The lowest BCUT2D eigenvalue weighted by Crippen LogP contribution is -2.38. The Labute approximate surface area is 90.1 Å². The van der Waals surface area contributed by atoms with Crippen molar-refractivity contribution in [2.24, 2.45) is 0 Å². The van der Waals surface area contributed by atoms with Crippen LogP contribution in [0.4, 0.5) is 5.69 Å². The lowest BCUT2D eigenvalue weighted by molar-refractivity contribution is -0.119. The molecule has 0 spiro atoms. The lowest BCUT2D eigenvalue weighted by atomic mass is 10.0. The molecule has 1 amide bonds. The van der Waals surface area contributed by atoms with E-state index < -0.39 is 0 Å². The van der Waals surface area contributed by atoms with Crippen LogP contribution in [0.1, 0.15) is 12.0 Å². The molecule has 80 valence electrons. The normalized spacial score (nSPS) is 14.6. The molecule has 0 aromatic heterocycles. The van der Waals surface area contributed by atoms with Gasteiger partial charge >= 0.3 is 0 Å². The van der Waals surface area contributed by atoms with E-state index in [1.54, 1.807) is 7.05 Å². The molecule has 1 aromatic carbocycles. The van der Waals surface area contributed by atoms with E-state index in [9.17, 15) is 4.79 Å². The van der Waals surface area contributed by atoms with Crippen LogP contribution < -0.4 is 10.2 Å². The highest BCUT2D eigenvalue weighted by molar-refractivity contribution is 5.81. The van der Waals surface area contributed by atoms with Crippen molar-refractivity contribution in [2.75, 3.05) is 25.0 Å². The van der Waals surface area contributed by atoms with Gasteiger partial charge in [0.1, 0.15) is 0 Å². The van der Waals surface area contributed by atoms with Crippen LogP contribution in [-0.2, 0) is 11.2 Å². The molecule has 1 aliphatic rings. The van der Waals surface area contributed by atoms with Crippen LogP contribution in [0.5, 0.6) is 0 Å². The Morgan fingerprint density at radius 2 is 2.27 bits per heavy atom. The van der Waals surface area contributed by atoms with Crippen molar-refractivity contribution in [2.45, 2.75) is 12.8 Å². The maximum Gasteiger partial charge on any atom is 0.239 e. The smallest absolute Gasteiger partial charge is 0.239 e. The minimum Gasteiger partial charge on any atom is -0.362 e. The number of carbonyl (C=O) groups is 1. The SMILES string of the molecule is CNC(=O)CN1CCCc2ccccc21.